The molecule has 0 saturated heterocycles. The number of rotatable bonds is 5. The molecule has 0 spiro atoms. The number of aliphatic hydroxyl groups is 2. The van der Waals surface area contributed by atoms with Gasteiger partial charge >= 0.3 is 0 Å². The highest BCUT2D eigenvalue weighted by Crippen LogP contribution is 2.35. The number of nitrogens with two attached hydrogens (primary N) is 1. The van der Waals surface area contributed by atoms with Crippen LogP contribution in [-0.2, 0) is 0 Å². The summed E-state index contributed by atoms with van der Waals surface area (Å²) in [7, 11) is 0. The molecule has 0 aromatic rings. The normalized spacial score (nSPS) is 33.0. The van der Waals surface area contributed by atoms with E-state index in [1.807, 2.05) is 0 Å². The van der Waals surface area contributed by atoms with Crippen molar-refractivity contribution in [3.63, 3.8) is 0 Å². The van der Waals surface area contributed by atoms with E-state index in [0.717, 1.165) is 24.7 Å². The molecule has 1 rings (SSSR count). The minimum Gasteiger partial charge on any atom is -0.394 e. The van der Waals surface area contributed by atoms with E-state index in [1.165, 1.54) is 6.42 Å². The van der Waals surface area contributed by atoms with Crippen LogP contribution in [0.1, 0.15) is 33.1 Å². The quantitative estimate of drug-likeness (QED) is 0.683. The van der Waals surface area contributed by atoms with Crippen LogP contribution in [0.15, 0.2) is 0 Å². The van der Waals surface area contributed by atoms with Gasteiger partial charge in [0.15, 0.2) is 0 Å². The molecule has 0 aromatic heterocycles. The summed E-state index contributed by atoms with van der Waals surface area (Å²) in [5, 5.41) is 18.6. The fourth-order valence-electron chi connectivity index (χ4n) is 2.27. The summed E-state index contributed by atoms with van der Waals surface area (Å²) >= 11 is 1.72. The van der Waals surface area contributed by atoms with E-state index >= 15 is 0 Å². The van der Waals surface area contributed by atoms with E-state index in [9.17, 15) is 5.11 Å². The van der Waals surface area contributed by atoms with Gasteiger partial charge in [0, 0.05) is 17.0 Å². The highest BCUT2D eigenvalue weighted by atomic mass is 32.2. The Kier molecular flexibility index (Phi) is 6.11. The number of thioether (sulfide) groups is 1. The molecule has 96 valence electrons. The summed E-state index contributed by atoms with van der Waals surface area (Å²) in [5.41, 5.74) is 6.10. The van der Waals surface area contributed by atoms with Crippen LogP contribution in [0.5, 0.6) is 0 Å². The second kappa shape index (κ2) is 6.84. The van der Waals surface area contributed by atoms with Crippen LogP contribution in [0.4, 0.5) is 0 Å². The zero-order chi connectivity index (χ0) is 12.1. The van der Waals surface area contributed by atoms with Gasteiger partial charge in [0.25, 0.3) is 0 Å². The molecule has 0 amide bonds. The van der Waals surface area contributed by atoms with Gasteiger partial charge in [0.2, 0.25) is 0 Å². The maximum atomic E-state index is 9.34. The lowest BCUT2D eigenvalue weighted by Gasteiger charge is -2.36. The summed E-state index contributed by atoms with van der Waals surface area (Å²) in [4.78, 5) is 0. The van der Waals surface area contributed by atoms with Crippen LogP contribution < -0.4 is 5.73 Å². The molecule has 0 bridgehead atoms. The standard InChI is InChI=1S/C12H25NO2S/c1-8(2)9-3-4-11(13)12(5-9)16-7-10(15)6-14/h8-12,14-15H,3-7,13H2,1-2H3. The highest BCUT2D eigenvalue weighted by molar-refractivity contribution is 8.00. The van der Waals surface area contributed by atoms with Gasteiger partial charge < -0.3 is 15.9 Å². The Morgan fingerprint density at radius 2 is 2.06 bits per heavy atom. The zero-order valence-corrected chi connectivity index (χ0v) is 11.1. The summed E-state index contributed by atoms with van der Waals surface area (Å²) in [6, 6.07) is 0.255. The van der Waals surface area contributed by atoms with E-state index in [0.29, 0.717) is 11.0 Å². The van der Waals surface area contributed by atoms with Gasteiger partial charge in [0.1, 0.15) is 0 Å². The van der Waals surface area contributed by atoms with E-state index < -0.39 is 6.10 Å². The van der Waals surface area contributed by atoms with Gasteiger partial charge in [-0.2, -0.15) is 11.8 Å². The van der Waals surface area contributed by atoms with Crippen LogP contribution in [0.2, 0.25) is 0 Å². The molecule has 1 saturated carbocycles. The van der Waals surface area contributed by atoms with Crippen molar-refractivity contribution in [2.45, 2.75) is 50.5 Å². The zero-order valence-electron chi connectivity index (χ0n) is 10.3. The summed E-state index contributed by atoms with van der Waals surface area (Å²) in [6.45, 7) is 4.39. The van der Waals surface area contributed by atoms with Crippen molar-refractivity contribution >= 4 is 11.8 Å². The first kappa shape index (κ1) is 14.3. The van der Waals surface area contributed by atoms with Crippen molar-refractivity contribution in [1.29, 1.82) is 0 Å². The predicted molar refractivity (Wildman–Crippen MR) is 69.5 cm³/mol. The maximum absolute atomic E-state index is 9.34. The number of aliphatic hydroxyl groups excluding tert-OH is 2. The highest BCUT2D eigenvalue weighted by Gasteiger charge is 2.30. The minimum atomic E-state index is -0.600. The van der Waals surface area contributed by atoms with Crippen molar-refractivity contribution in [1.82, 2.24) is 0 Å². The lowest BCUT2D eigenvalue weighted by Crippen LogP contribution is -2.40. The Bertz CT molecular complexity index is 201. The fourth-order valence-corrected chi connectivity index (χ4v) is 3.61. The molecule has 3 nitrogen and oxygen atoms in total. The predicted octanol–water partition coefficient (Wildman–Crippen LogP) is 1.22. The summed E-state index contributed by atoms with van der Waals surface area (Å²) in [5.74, 6) is 2.08. The minimum absolute atomic E-state index is 0.150. The largest absolute Gasteiger partial charge is 0.394 e. The molecule has 0 aromatic carbocycles. The molecule has 4 heteroatoms. The molecule has 4 unspecified atom stereocenters. The van der Waals surface area contributed by atoms with Crippen LogP contribution in [0, 0.1) is 11.8 Å². The van der Waals surface area contributed by atoms with Crippen molar-refractivity contribution in [3.8, 4) is 0 Å². The van der Waals surface area contributed by atoms with Gasteiger partial charge in [-0.3, -0.25) is 0 Å². The maximum Gasteiger partial charge on any atom is 0.0861 e. The van der Waals surface area contributed by atoms with Gasteiger partial charge in [-0.15, -0.1) is 0 Å². The molecular formula is C12H25NO2S. The smallest absolute Gasteiger partial charge is 0.0861 e. The third-order valence-electron chi connectivity index (χ3n) is 3.54. The second-order valence-electron chi connectivity index (χ2n) is 5.19. The average Bonchev–Trinajstić information content (AvgIpc) is 2.27. The molecular weight excluding hydrogens is 222 g/mol. The first-order valence-electron chi connectivity index (χ1n) is 6.20. The van der Waals surface area contributed by atoms with Gasteiger partial charge in [-0.25, -0.2) is 0 Å². The van der Waals surface area contributed by atoms with Crippen LogP contribution in [0.25, 0.3) is 0 Å². The third-order valence-corrected chi connectivity index (χ3v) is 5.09. The van der Waals surface area contributed by atoms with Gasteiger partial charge in [0.05, 0.1) is 12.7 Å². The van der Waals surface area contributed by atoms with Gasteiger partial charge in [-0.1, -0.05) is 13.8 Å². The van der Waals surface area contributed by atoms with Crippen molar-refractivity contribution < 1.29 is 10.2 Å². The first-order valence-corrected chi connectivity index (χ1v) is 7.25. The average molecular weight is 247 g/mol. The molecule has 16 heavy (non-hydrogen) atoms. The summed E-state index contributed by atoms with van der Waals surface area (Å²) < 4.78 is 0. The van der Waals surface area contributed by atoms with E-state index in [2.05, 4.69) is 13.8 Å². The molecule has 0 aliphatic heterocycles. The van der Waals surface area contributed by atoms with E-state index in [4.69, 9.17) is 10.8 Å². The Hall–Kier alpha value is 0.230. The van der Waals surface area contributed by atoms with Crippen LogP contribution >= 0.6 is 11.8 Å². The molecule has 0 radical (unpaired) electrons. The molecule has 1 aliphatic rings. The number of hydrogen-bond acceptors (Lipinski definition) is 4. The molecule has 1 fully saturated rings. The molecule has 0 heterocycles. The lowest BCUT2D eigenvalue weighted by atomic mass is 9.79. The third kappa shape index (κ3) is 4.24. The lowest BCUT2D eigenvalue weighted by molar-refractivity contribution is 0.113. The fraction of sp³-hybridized carbons (Fsp3) is 1.00. The first-order chi connectivity index (χ1) is 7.54. The van der Waals surface area contributed by atoms with E-state index in [1.54, 1.807) is 11.8 Å². The SMILES string of the molecule is CC(C)C1CCC(N)C(SCC(O)CO)C1. The topological polar surface area (TPSA) is 66.5 Å². The van der Waals surface area contributed by atoms with Crippen LogP contribution in [-0.4, -0.2) is 40.0 Å². The summed E-state index contributed by atoms with van der Waals surface area (Å²) in [6.07, 6.45) is 2.88. The molecule has 4 N–H and O–H groups in total. The van der Waals surface area contributed by atoms with Crippen molar-refractivity contribution in [2.75, 3.05) is 12.4 Å². The van der Waals surface area contributed by atoms with E-state index in [-0.39, 0.29) is 12.6 Å². The Labute approximate surface area is 103 Å². The second-order valence-corrected chi connectivity index (χ2v) is 6.46. The Morgan fingerprint density at radius 3 is 2.62 bits per heavy atom. The molecule has 1 aliphatic carbocycles. The van der Waals surface area contributed by atoms with Crippen molar-refractivity contribution in [3.05, 3.63) is 0 Å². The number of hydrogen-bond donors (Lipinski definition) is 3. The monoisotopic (exact) mass is 247 g/mol. The van der Waals surface area contributed by atoms with Crippen molar-refractivity contribution in [2.24, 2.45) is 17.6 Å². The Morgan fingerprint density at radius 1 is 1.38 bits per heavy atom. The van der Waals surface area contributed by atoms with Crippen LogP contribution in [0.3, 0.4) is 0 Å². The molecule has 4 atom stereocenters. The van der Waals surface area contributed by atoms with Gasteiger partial charge in [-0.05, 0) is 31.1 Å². The Balaban J connectivity index is 2.37.